The molecule has 1 atom stereocenters. The highest BCUT2D eigenvalue weighted by Gasteiger charge is 2.40. The van der Waals surface area contributed by atoms with Crippen molar-refractivity contribution < 1.29 is 18.0 Å². The zero-order chi connectivity index (χ0) is 20.6. The number of alkyl halides is 3. The van der Waals surface area contributed by atoms with Crippen LogP contribution in [0, 0.1) is 11.8 Å². The van der Waals surface area contributed by atoms with Crippen molar-refractivity contribution in [2.24, 2.45) is 11.8 Å². The maximum atomic E-state index is 12.9. The molecule has 0 aromatic carbocycles. The Morgan fingerprint density at radius 2 is 1.76 bits per heavy atom. The number of carbonyl (C=O) groups excluding carboxylic acids is 1. The van der Waals surface area contributed by atoms with E-state index in [1.54, 1.807) is 0 Å². The summed E-state index contributed by atoms with van der Waals surface area (Å²) >= 11 is 6.12. The summed E-state index contributed by atoms with van der Waals surface area (Å²) in [6.45, 7) is 2.27. The second kappa shape index (κ2) is 8.32. The molecule has 1 aliphatic carbocycles. The number of likely N-dealkylation sites (tertiary alicyclic amines) is 1. The largest absolute Gasteiger partial charge is 0.417 e. The van der Waals surface area contributed by atoms with Crippen LogP contribution in [0.5, 0.6) is 0 Å². The molecule has 0 unspecified atom stereocenters. The number of hydrogen-bond donors (Lipinski definition) is 0. The number of carbonyl (C=O) groups is 1. The van der Waals surface area contributed by atoms with Crippen molar-refractivity contribution in [3.05, 3.63) is 22.8 Å². The molecule has 1 saturated carbocycles. The van der Waals surface area contributed by atoms with Gasteiger partial charge in [-0.05, 0) is 50.5 Å². The first-order chi connectivity index (χ1) is 13.8. The van der Waals surface area contributed by atoms with E-state index in [-0.39, 0.29) is 10.9 Å². The fraction of sp³-hybridized carbons (Fsp3) is 0.714. The number of halogens is 4. The van der Waals surface area contributed by atoms with Gasteiger partial charge in [0, 0.05) is 37.8 Å². The average molecular weight is 430 g/mol. The van der Waals surface area contributed by atoms with Crippen LogP contribution in [0.3, 0.4) is 0 Å². The van der Waals surface area contributed by atoms with Gasteiger partial charge in [-0.25, -0.2) is 4.98 Å². The number of nitrogens with zero attached hydrogens (tertiary/aromatic N) is 3. The molecule has 0 spiro atoms. The number of hydrogen-bond acceptors (Lipinski definition) is 3. The van der Waals surface area contributed by atoms with Crippen LogP contribution in [-0.4, -0.2) is 41.5 Å². The van der Waals surface area contributed by atoms with Crippen molar-refractivity contribution in [1.82, 2.24) is 9.88 Å². The van der Waals surface area contributed by atoms with Crippen LogP contribution in [0.15, 0.2) is 12.3 Å². The highest BCUT2D eigenvalue weighted by atomic mass is 35.5. The summed E-state index contributed by atoms with van der Waals surface area (Å²) in [5.74, 6) is 1.43. The lowest BCUT2D eigenvalue weighted by Gasteiger charge is -2.41. The van der Waals surface area contributed by atoms with Crippen molar-refractivity contribution in [2.45, 2.75) is 63.6 Å². The third-order valence-electron chi connectivity index (χ3n) is 6.54. The second-order valence-corrected chi connectivity index (χ2v) is 8.98. The monoisotopic (exact) mass is 429 g/mol. The van der Waals surface area contributed by atoms with Crippen molar-refractivity contribution in [2.75, 3.05) is 24.5 Å². The molecular formula is C21H27ClF3N3O. The molecular weight excluding hydrogens is 403 g/mol. The highest BCUT2D eigenvalue weighted by molar-refractivity contribution is 6.33. The molecule has 160 valence electrons. The van der Waals surface area contributed by atoms with E-state index in [0.717, 1.165) is 63.8 Å². The summed E-state index contributed by atoms with van der Waals surface area (Å²) < 4.78 is 38.6. The van der Waals surface area contributed by atoms with E-state index in [1.165, 1.54) is 6.42 Å². The Morgan fingerprint density at radius 3 is 2.38 bits per heavy atom. The number of aromatic nitrogens is 1. The number of rotatable bonds is 3. The first-order valence-corrected chi connectivity index (χ1v) is 11.0. The number of piperidine rings is 1. The molecule has 3 heterocycles. The van der Waals surface area contributed by atoms with Crippen LogP contribution in [0.2, 0.25) is 5.02 Å². The van der Waals surface area contributed by atoms with E-state index in [1.807, 2.05) is 4.90 Å². The van der Waals surface area contributed by atoms with Gasteiger partial charge in [0.1, 0.15) is 5.82 Å². The van der Waals surface area contributed by atoms with Crippen molar-refractivity contribution in [3.8, 4) is 0 Å². The second-order valence-electron chi connectivity index (χ2n) is 8.57. The average Bonchev–Trinajstić information content (AvgIpc) is 3.54. The van der Waals surface area contributed by atoms with Gasteiger partial charge in [-0.3, -0.25) is 4.79 Å². The highest BCUT2D eigenvalue weighted by Crippen LogP contribution is 2.38. The fourth-order valence-electron chi connectivity index (χ4n) is 4.78. The van der Waals surface area contributed by atoms with E-state index < -0.39 is 11.7 Å². The zero-order valence-electron chi connectivity index (χ0n) is 16.4. The summed E-state index contributed by atoms with van der Waals surface area (Å²) in [7, 11) is 0. The van der Waals surface area contributed by atoms with Crippen LogP contribution in [0.25, 0.3) is 0 Å². The van der Waals surface area contributed by atoms with Crippen LogP contribution in [0.1, 0.15) is 56.9 Å². The standard InChI is InChI=1S/C21H27ClF3N3O/c22-17-12-16(21(23,24)25)13-26-19(17)27-10-7-14(8-11-27)18-4-2-1-3-9-28(18)20(29)15-5-6-15/h12-15,18H,1-11H2/t18-/m1/s1. The van der Waals surface area contributed by atoms with E-state index in [9.17, 15) is 18.0 Å². The minimum Gasteiger partial charge on any atom is -0.355 e. The maximum Gasteiger partial charge on any atom is 0.417 e. The molecule has 1 amide bonds. The first-order valence-electron chi connectivity index (χ1n) is 10.6. The third kappa shape index (κ3) is 4.65. The minimum absolute atomic E-state index is 0.0401. The van der Waals surface area contributed by atoms with Gasteiger partial charge in [-0.15, -0.1) is 0 Å². The number of pyridine rings is 1. The van der Waals surface area contributed by atoms with Crippen LogP contribution in [-0.2, 0) is 11.0 Å². The van der Waals surface area contributed by atoms with Gasteiger partial charge in [-0.2, -0.15) is 13.2 Å². The predicted molar refractivity (Wildman–Crippen MR) is 106 cm³/mol. The molecule has 0 bridgehead atoms. The van der Waals surface area contributed by atoms with Gasteiger partial charge >= 0.3 is 6.18 Å². The SMILES string of the molecule is O=C(C1CC1)N1CCCCC[C@@H]1C1CCN(c2ncc(C(F)(F)F)cc2Cl)CC1. The molecule has 4 rings (SSSR count). The van der Waals surface area contributed by atoms with Gasteiger partial charge in [0.25, 0.3) is 0 Å². The summed E-state index contributed by atoms with van der Waals surface area (Å²) in [6.07, 6.45) is 4.74. The Morgan fingerprint density at radius 1 is 1.03 bits per heavy atom. The van der Waals surface area contributed by atoms with Crippen molar-refractivity contribution in [1.29, 1.82) is 0 Å². The van der Waals surface area contributed by atoms with Gasteiger partial charge in [0.15, 0.2) is 0 Å². The summed E-state index contributed by atoms with van der Waals surface area (Å²) in [6, 6.07) is 1.25. The number of anilines is 1. The quantitative estimate of drug-likeness (QED) is 0.666. The van der Waals surface area contributed by atoms with E-state index >= 15 is 0 Å². The minimum atomic E-state index is -4.45. The first kappa shape index (κ1) is 20.8. The molecule has 2 saturated heterocycles. The fourth-order valence-corrected chi connectivity index (χ4v) is 5.06. The normalized spacial score (nSPS) is 24.5. The molecule has 3 aliphatic rings. The molecule has 0 radical (unpaired) electrons. The molecule has 8 heteroatoms. The lowest BCUT2D eigenvalue weighted by atomic mass is 9.86. The Bertz CT molecular complexity index is 745. The van der Waals surface area contributed by atoms with Gasteiger partial charge in [0.2, 0.25) is 5.91 Å². The zero-order valence-corrected chi connectivity index (χ0v) is 17.2. The topological polar surface area (TPSA) is 36.4 Å². The van der Waals surface area contributed by atoms with Gasteiger partial charge in [0.05, 0.1) is 10.6 Å². The Kier molecular flexibility index (Phi) is 5.96. The maximum absolute atomic E-state index is 12.9. The Hall–Kier alpha value is -1.50. The van der Waals surface area contributed by atoms with Crippen LogP contribution < -0.4 is 4.90 Å². The van der Waals surface area contributed by atoms with Gasteiger partial charge < -0.3 is 9.80 Å². The summed E-state index contributed by atoms with van der Waals surface area (Å²) in [5.41, 5.74) is -0.825. The predicted octanol–water partition coefficient (Wildman–Crippen LogP) is 5.15. The molecule has 4 nitrogen and oxygen atoms in total. The third-order valence-corrected chi connectivity index (χ3v) is 6.82. The summed E-state index contributed by atoms with van der Waals surface area (Å²) in [4.78, 5) is 20.9. The van der Waals surface area contributed by atoms with Crippen molar-refractivity contribution in [3.63, 3.8) is 0 Å². The Balaban J connectivity index is 1.42. The van der Waals surface area contributed by atoms with Crippen LogP contribution >= 0.6 is 11.6 Å². The smallest absolute Gasteiger partial charge is 0.355 e. The van der Waals surface area contributed by atoms with Crippen LogP contribution in [0.4, 0.5) is 19.0 Å². The number of amides is 1. The molecule has 1 aromatic rings. The van der Waals surface area contributed by atoms with E-state index in [2.05, 4.69) is 9.88 Å². The Labute approximate surface area is 174 Å². The molecule has 3 fully saturated rings. The molecule has 29 heavy (non-hydrogen) atoms. The lowest BCUT2D eigenvalue weighted by molar-refractivity contribution is -0.138. The molecule has 2 aliphatic heterocycles. The molecule has 1 aromatic heterocycles. The van der Waals surface area contributed by atoms with Crippen molar-refractivity contribution >= 4 is 23.3 Å². The van der Waals surface area contributed by atoms with E-state index in [4.69, 9.17) is 11.6 Å². The summed E-state index contributed by atoms with van der Waals surface area (Å²) in [5, 5.41) is 0.0401. The van der Waals surface area contributed by atoms with E-state index in [0.29, 0.717) is 36.8 Å². The van der Waals surface area contributed by atoms with Gasteiger partial charge in [-0.1, -0.05) is 24.4 Å². The molecule has 0 N–H and O–H groups in total. The lowest BCUT2D eigenvalue weighted by Crippen LogP contribution is -2.48.